The molecule has 2 bridgehead atoms. The molecule has 3 aliphatic rings. The maximum atomic E-state index is 15.0. The Hall–Kier alpha value is -3.53. The largest absolute Gasteiger partial charge is 0.474 e. The lowest BCUT2D eigenvalue weighted by molar-refractivity contribution is 0.173. The number of pyridine rings is 1. The van der Waals surface area contributed by atoms with Gasteiger partial charge in [0.15, 0.2) is 0 Å². The number of amides is 2. The lowest BCUT2D eigenvalue weighted by atomic mass is 9.99. The van der Waals surface area contributed by atoms with E-state index in [1.54, 1.807) is 17.0 Å². The van der Waals surface area contributed by atoms with Gasteiger partial charge in [-0.1, -0.05) is 11.6 Å². The first-order chi connectivity index (χ1) is 17.3. The SMILES string of the molecule is O=C(Nc1cc(Cl)c(-c2ccc(OCC3(F)CC3)nc2)cc1F)N1[C@H]2CC[C@@H]1c1n[nH]c(=O)cc1C2. The molecule has 6 rings (SSSR count). The summed E-state index contributed by atoms with van der Waals surface area (Å²) in [6, 6.07) is 6.55. The number of ether oxygens (including phenoxy) is 1. The first-order valence-corrected chi connectivity index (χ1v) is 12.1. The third-order valence-electron chi connectivity index (χ3n) is 7.05. The van der Waals surface area contributed by atoms with Crippen LogP contribution >= 0.6 is 11.6 Å². The molecule has 2 N–H and O–H groups in total. The van der Waals surface area contributed by atoms with E-state index in [1.807, 2.05) is 0 Å². The fourth-order valence-electron chi connectivity index (χ4n) is 4.97. The van der Waals surface area contributed by atoms with Crippen LogP contribution in [0.25, 0.3) is 11.1 Å². The minimum Gasteiger partial charge on any atom is -0.474 e. The number of nitrogens with one attached hydrogen (secondary N) is 2. The minimum absolute atomic E-state index is 0.0402. The van der Waals surface area contributed by atoms with Crippen LogP contribution in [0.3, 0.4) is 0 Å². The molecule has 0 radical (unpaired) electrons. The number of H-pyrrole nitrogens is 1. The first kappa shape index (κ1) is 22.9. The van der Waals surface area contributed by atoms with Crippen molar-refractivity contribution in [3.63, 3.8) is 0 Å². The fraction of sp³-hybridized carbons (Fsp3) is 0.360. The highest BCUT2D eigenvalue weighted by atomic mass is 35.5. The summed E-state index contributed by atoms with van der Waals surface area (Å²) in [4.78, 5) is 30.6. The second-order valence-corrected chi connectivity index (χ2v) is 9.97. The molecule has 0 spiro atoms. The van der Waals surface area contributed by atoms with E-state index in [0.717, 1.165) is 12.0 Å². The molecule has 2 aliphatic heterocycles. The molecule has 1 saturated carbocycles. The van der Waals surface area contributed by atoms with Crippen molar-refractivity contribution in [2.24, 2.45) is 0 Å². The van der Waals surface area contributed by atoms with Crippen LogP contribution in [0.2, 0.25) is 5.02 Å². The molecule has 2 amide bonds. The third-order valence-corrected chi connectivity index (χ3v) is 7.36. The zero-order valence-electron chi connectivity index (χ0n) is 19.1. The molecule has 4 heterocycles. The number of carbonyl (C=O) groups excluding carboxylic acids is 1. The van der Waals surface area contributed by atoms with E-state index in [-0.39, 0.29) is 40.8 Å². The van der Waals surface area contributed by atoms with Crippen molar-refractivity contribution in [3.05, 3.63) is 69.0 Å². The Morgan fingerprint density at radius 2 is 2.11 bits per heavy atom. The van der Waals surface area contributed by atoms with Crippen LogP contribution in [-0.4, -0.2) is 44.4 Å². The minimum atomic E-state index is -1.25. The molecule has 1 aliphatic carbocycles. The van der Waals surface area contributed by atoms with E-state index in [9.17, 15) is 14.0 Å². The van der Waals surface area contributed by atoms with Gasteiger partial charge in [-0.2, -0.15) is 5.10 Å². The number of rotatable bonds is 5. The molecule has 186 valence electrons. The molecular formula is C25H22ClF2N5O3. The zero-order chi connectivity index (χ0) is 25.0. The maximum Gasteiger partial charge on any atom is 0.322 e. The van der Waals surface area contributed by atoms with Gasteiger partial charge in [-0.25, -0.2) is 23.7 Å². The van der Waals surface area contributed by atoms with Crippen molar-refractivity contribution in [2.75, 3.05) is 11.9 Å². The third kappa shape index (κ3) is 4.19. The van der Waals surface area contributed by atoms with Crippen molar-refractivity contribution in [1.29, 1.82) is 0 Å². The monoisotopic (exact) mass is 513 g/mol. The van der Waals surface area contributed by atoms with Gasteiger partial charge < -0.3 is 15.0 Å². The Kier molecular flexibility index (Phi) is 5.44. The number of anilines is 1. The average Bonchev–Trinajstić information content (AvgIpc) is 3.51. The van der Waals surface area contributed by atoms with Crippen LogP contribution in [-0.2, 0) is 6.42 Å². The molecular weight excluding hydrogens is 492 g/mol. The van der Waals surface area contributed by atoms with Crippen molar-refractivity contribution in [3.8, 4) is 17.0 Å². The molecule has 3 aromatic rings. The Labute approximate surface area is 209 Å². The van der Waals surface area contributed by atoms with Crippen LogP contribution in [0.5, 0.6) is 5.88 Å². The van der Waals surface area contributed by atoms with Crippen LogP contribution < -0.4 is 15.6 Å². The highest BCUT2D eigenvalue weighted by Gasteiger charge is 2.45. The summed E-state index contributed by atoms with van der Waals surface area (Å²) in [5, 5.41) is 9.47. The Bertz CT molecular complexity index is 1410. The van der Waals surface area contributed by atoms with Crippen molar-refractivity contribution in [2.45, 2.75) is 49.9 Å². The number of hydrogen-bond acceptors (Lipinski definition) is 5. The van der Waals surface area contributed by atoms with Crippen molar-refractivity contribution >= 4 is 23.3 Å². The van der Waals surface area contributed by atoms with Crippen LogP contribution in [0.15, 0.2) is 41.3 Å². The summed E-state index contributed by atoms with van der Waals surface area (Å²) in [5.41, 5.74) is 0.901. The highest BCUT2D eigenvalue weighted by Crippen LogP contribution is 2.43. The molecule has 1 saturated heterocycles. The average molecular weight is 514 g/mol. The summed E-state index contributed by atoms with van der Waals surface area (Å²) >= 11 is 6.44. The molecule has 0 unspecified atom stereocenters. The Balaban J connectivity index is 1.18. The Morgan fingerprint density at radius 1 is 1.28 bits per heavy atom. The van der Waals surface area contributed by atoms with E-state index >= 15 is 4.39 Å². The number of hydrogen-bond donors (Lipinski definition) is 2. The number of aromatic nitrogens is 3. The number of halogens is 3. The number of alkyl halides is 1. The topological polar surface area (TPSA) is 100 Å². The number of fused-ring (bicyclic) bond motifs is 4. The summed E-state index contributed by atoms with van der Waals surface area (Å²) in [6.45, 7) is -0.0402. The molecule has 8 nitrogen and oxygen atoms in total. The first-order valence-electron chi connectivity index (χ1n) is 11.7. The van der Waals surface area contributed by atoms with Gasteiger partial charge >= 0.3 is 6.03 Å². The van der Waals surface area contributed by atoms with E-state index in [1.165, 1.54) is 24.4 Å². The number of aromatic amines is 1. The van der Waals surface area contributed by atoms with E-state index in [4.69, 9.17) is 16.3 Å². The summed E-state index contributed by atoms with van der Waals surface area (Å²) < 4.78 is 34.2. The summed E-state index contributed by atoms with van der Waals surface area (Å²) in [6.07, 6.45) is 4.47. The smallest absolute Gasteiger partial charge is 0.322 e. The van der Waals surface area contributed by atoms with Gasteiger partial charge in [-0.3, -0.25) is 4.79 Å². The standard InChI is InChI=1S/C25H22ClF2N5O3/c26-17-10-19(18(27)9-16(17)13-1-4-22(29-11-13)36-12-25(28)5-6-25)30-24(35)33-15-2-3-20(33)23-14(7-15)8-21(34)31-32-23/h1,4,8-11,15,20H,2-3,5-7,12H2,(H,30,35)(H,31,34)/t15-,20+/m0/s1. The van der Waals surface area contributed by atoms with Gasteiger partial charge in [-0.05, 0) is 55.9 Å². The second-order valence-electron chi connectivity index (χ2n) is 9.57. The van der Waals surface area contributed by atoms with Gasteiger partial charge in [0.05, 0.1) is 22.4 Å². The molecule has 36 heavy (non-hydrogen) atoms. The van der Waals surface area contributed by atoms with Gasteiger partial charge in [0, 0.05) is 35.5 Å². The number of benzene rings is 1. The van der Waals surface area contributed by atoms with E-state index in [2.05, 4.69) is 20.5 Å². The predicted molar refractivity (Wildman–Crippen MR) is 128 cm³/mol. The van der Waals surface area contributed by atoms with Crippen LogP contribution in [0.1, 0.15) is 43.0 Å². The van der Waals surface area contributed by atoms with E-state index in [0.29, 0.717) is 42.5 Å². The lowest BCUT2D eigenvalue weighted by Crippen LogP contribution is -2.45. The van der Waals surface area contributed by atoms with E-state index < -0.39 is 17.5 Å². The Morgan fingerprint density at radius 3 is 2.86 bits per heavy atom. The number of urea groups is 1. The second kappa shape index (κ2) is 8.55. The predicted octanol–water partition coefficient (Wildman–Crippen LogP) is 4.80. The highest BCUT2D eigenvalue weighted by molar-refractivity contribution is 6.33. The summed E-state index contributed by atoms with van der Waals surface area (Å²) in [7, 11) is 0. The number of nitrogens with zero attached hydrogens (tertiary/aromatic N) is 3. The van der Waals surface area contributed by atoms with Gasteiger partial charge in [0.1, 0.15) is 18.1 Å². The molecule has 2 fully saturated rings. The van der Waals surface area contributed by atoms with Gasteiger partial charge in [-0.15, -0.1) is 0 Å². The normalized spacial score (nSPS) is 21.1. The van der Waals surface area contributed by atoms with Crippen LogP contribution in [0, 0.1) is 5.82 Å². The summed E-state index contributed by atoms with van der Waals surface area (Å²) in [5.74, 6) is -0.372. The number of carbonyl (C=O) groups is 1. The maximum absolute atomic E-state index is 15.0. The molecule has 1 aromatic carbocycles. The van der Waals surface area contributed by atoms with Crippen molar-refractivity contribution in [1.82, 2.24) is 20.1 Å². The lowest BCUT2D eigenvalue weighted by Gasteiger charge is -2.35. The van der Waals surface area contributed by atoms with Crippen LogP contribution in [0.4, 0.5) is 19.3 Å². The quantitative estimate of drug-likeness (QED) is 0.510. The van der Waals surface area contributed by atoms with Gasteiger partial charge in [0.2, 0.25) is 5.88 Å². The molecule has 2 aromatic heterocycles. The fourth-order valence-corrected chi connectivity index (χ4v) is 5.24. The molecule has 2 atom stereocenters. The van der Waals surface area contributed by atoms with Crippen molar-refractivity contribution < 1.29 is 18.3 Å². The van der Waals surface area contributed by atoms with Gasteiger partial charge in [0.25, 0.3) is 5.56 Å². The zero-order valence-corrected chi connectivity index (χ0v) is 19.8. The molecule has 11 heteroatoms.